The molecule has 1 saturated heterocycles. The van der Waals surface area contributed by atoms with Crippen LogP contribution >= 0.6 is 0 Å². The predicted molar refractivity (Wildman–Crippen MR) is 88.6 cm³/mol. The fourth-order valence-electron chi connectivity index (χ4n) is 2.78. The number of aliphatic hydroxyl groups is 1. The molecule has 0 radical (unpaired) electrons. The van der Waals surface area contributed by atoms with E-state index in [1.807, 2.05) is 45.0 Å². The molecule has 0 saturated carbocycles. The second-order valence-electron chi connectivity index (χ2n) is 7.09. The molecule has 0 bridgehead atoms. The van der Waals surface area contributed by atoms with E-state index in [0.717, 1.165) is 17.7 Å². The van der Waals surface area contributed by atoms with E-state index in [0.29, 0.717) is 19.5 Å². The highest BCUT2D eigenvalue weighted by Gasteiger charge is 2.32. The minimum atomic E-state index is -0.501. The van der Waals surface area contributed by atoms with Crippen LogP contribution < -0.4 is 4.74 Å². The van der Waals surface area contributed by atoms with E-state index in [1.54, 1.807) is 12.0 Å². The molecule has 23 heavy (non-hydrogen) atoms. The van der Waals surface area contributed by atoms with Crippen LogP contribution in [0.25, 0.3) is 0 Å². The fourth-order valence-corrected chi connectivity index (χ4v) is 2.78. The second-order valence-corrected chi connectivity index (χ2v) is 7.09. The van der Waals surface area contributed by atoms with Gasteiger partial charge in [0.15, 0.2) is 0 Å². The smallest absolute Gasteiger partial charge is 0.410 e. The molecule has 5 nitrogen and oxygen atoms in total. The number of nitrogens with zero attached hydrogens (tertiary/aromatic N) is 1. The highest BCUT2D eigenvalue weighted by molar-refractivity contribution is 5.68. The van der Waals surface area contributed by atoms with Crippen LogP contribution in [-0.4, -0.2) is 48.0 Å². The van der Waals surface area contributed by atoms with E-state index >= 15 is 0 Å². The molecule has 1 aromatic carbocycles. The van der Waals surface area contributed by atoms with Crippen LogP contribution in [0.3, 0.4) is 0 Å². The Balaban J connectivity index is 1.98. The molecule has 2 atom stereocenters. The molecule has 5 heteroatoms. The lowest BCUT2D eigenvalue weighted by molar-refractivity contribution is -0.00823. The van der Waals surface area contributed by atoms with Crippen molar-refractivity contribution < 1.29 is 19.4 Å². The van der Waals surface area contributed by atoms with Crippen LogP contribution in [0, 0.1) is 5.92 Å². The normalized spacial score (nSPS) is 21.9. The largest absolute Gasteiger partial charge is 0.497 e. The SMILES string of the molecule is COc1ccc(C[C@H]2CN(C(=O)OC(C)(C)C)CC[C@@H]2O)cc1. The molecular formula is C18H27NO4. The highest BCUT2D eigenvalue weighted by atomic mass is 16.6. The van der Waals surface area contributed by atoms with Gasteiger partial charge >= 0.3 is 6.09 Å². The van der Waals surface area contributed by atoms with Crippen LogP contribution in [0.4, 0.5) is 4.79 Å². The summed E-state index contributed by atoms with van der Waals surface area (Å²) in [5.74, 6) is 0.831. The van der Waals surface area contributed by atoms with E-state index < -0.39 is 11.7 Å². The van der Waals surface area contributed by atoms with Gasteiger partial charge < -0.3 is 19.5 Å². The van der Waals surface area contributed by atoms with Crippen LogP contribution in [0.15, 0.2) is 24.3 Å². The first kappa shape index (κ1) is 17.6. The third-order valence-corrected chi connectivity index (χ3v) is 4.00. The summed E-state index contributed by atoms with van der Waals surface area (Å²) in [4.78, 5) is 13.9. The summed E-state index contributed by atoms with van der Waals surface area (Å²) in [5.41, 5.74) is 0.624. The summed E-state index contributed by atoms with van der Waals surface area (Å²) >= 11 is 0. The maximum absolute atomic E-state index is 12.2. The number of hydrogen-bond donors (Lipinski definition) is 1. The van der Waals surface area contributed by atoms with Crippen molar-refractivity contribution >= 4 is 6.09 Å². The quantitative estimate of drug-likeness (QED) is 0.930. The van der Waals surface area contributed by atoms with E-state index in [2.05, 4.69) is 0 Å². The average molecular weight is 321 g/mol. The van der Waals surface area contributed by atoms with Gasteiger partial charge in [-0.1, -0.05) is 12.1 Å². The predicted octanol–water partition coefficient (Wildman–Crippen LogP) is 2.86. The molecule has 0 aromatic heterocycles. The van der Waals surface area contributed by atoms with Gasteiger partial charge in [0.1, 0.15) is 11.4 Å². The minimum absolute atomic E-state index is 0.0182. The van der Waals surface area contributed by atoms with Crippen molar-refractivity contribution in [2.75, 3.05) is 20.2 Å². The van der Waals surface area contributed by atoms with Gasteiger partial charge in [-0.3, -0.25) is 0 Å². The average Bonchev–Trinajstić information content (AvgIpc) is 2.48. The van der Waals surface area contributed by atoms with Crippen LogP contribution in [-0.2, 0) is 11.2 Å². The first-order chi connectivity index (χ1) is 10.8. The second kappa shape index (κ2) is 7.21. The number of benzene rings is 1. The Morgan fingerprint density at radius 1 is 1.30 bits per heavy atom. The maximum Gasteiger partial charge on any atom is 0.410 e. The van der Waals surface area contributed by atoms with Gasteiger partial charge in [0.05, 0.1) is 13.2 Å². The number of piperidine rings is 1. The number of likely N-dealkylation sites (tertiary alicyclic amines) is 1. The lowest BCUT2D eigenvalue weighted by Crippen LogP contribution is -2.48. The molecule has 1 aliphatic heterocycles. The zero-order valence-corrected chi connectivity index (χ0v) is 14.4. The fraction of sp³-hybridized carbons (Fsp3) is 0.611. The Labute approximate surface area is 138 Å². The van der Waals surface area contributed by atoms with Gasteiger partial charge in [0, 0.05) is 19.0 Å². The zero-order valence-electron chi connectivity index (χ0n) is 14.4. The number of methoxy groups -OCH3 is 1. The van der Waals surface area contributed by atoms with Gasteiger partial charge in [-0.2, -0.15) is 0 Å². The molecule has 1 amide bonds. The van der Waals surface area contributed by atoms with E-state index in [1.165, 1.54) is 0 Å². The molecule has 1 N–H and O–H groups in total. The number of rotatable bonds is 3. The van der Waals surface area contributed by atoms with E-state index in [9.17, 15) is 9.90 Å². The van der Waals surface area contributed by atoms with E-state index in [4.69, 9.17) is 9.47 Å². The van der Waals surface area contributed by atoms with Crippen molar-refractivity contribution in [1.29, 1.82) is 0 Å². The number of carbonyl (C=O) groups excluding carboxylic acids is 1. The van der Waals surface area contributed by atoms with Crippen molar-refractivity contribution in [2.24, 2.45) is 5.92 Å². The van der Waals surface area contributed by atoms with Crippen molar-refractivity contribution in [3.05, 3.63) is 29.8 Å². The standard InChI is InChI=1S/C18H27NO4/c1-18(2,3)23-17(21)19-10-9-16(20)14(12-19)11-13-5-7-15(22-4)8-6-13/h5-8,14,16,20H,9-12H2,1-4H3/t14-,16-/m0/s1. The van der Waals surface area contributed by atoms with Crippen molar-refractivity contribution in [3.8, 4) is 5.75 Å². The lowest BCUT2D eigenvalue weighted by Gasteiger charge is -2.37. The molecule has 128 valence electrons. The van der Waals surface area contributed by atoms with Crippen LogP contribution in [0.2, 0.25) is 0 Å². The lowest BCUT2D eigenvalue weighted by atomic mass is 9.89. The van der Waals surface area contributed by atoms with Gasteiger partial charge in [0.25, 0.3) is 0 Å². The van der Waals surface area contributed by atoms with Crippen molar-refractivity contribution in [2.45, 2.75) is 45.3 Å². The molecule has 0 spiro atoms. The molecule has 1 aliphatic rings. The highest BCUT2D eigenvalue weighted by Crippen LogP contribution is 2.24. The molecule has 1 heterocycles. The molecule has 1 aromatic rings. The Kier molecular flexibility index (Phi) is 5.52. The monoisotopic (exact) mass is 321 g/mol. The van der Waals surface area contributed by atoms with Crippen LogP contribution in [0.1, 0.15) is 32.8 Å². The van der Waals surface area contributed by atoms with Crippen LogP contribution in [0.5, 0.6) is 5.75 Å². The number of carbonyl (C=O) groups is 1. The summed E-state index contributed by atoms with van der Waals surface area (Å²) < 4.78 is 10.6. The summed E-state index contributed by atoms with van der Waals surface area (Å²) in [7, 11) is 1.64. The number of aliphatic hydroxyl groups excluding tert-OH is 1. The molecular weight excluding hydrogens is 294 g/mol. The number of amides is 1. The molecule has 0 aliphatic carbocycles. The van der Waals surface area contributed by atoms with Gasteiger partial charge in [-0.05, 0) is 51.3 Å². The van der Waals surface area contributed by atoms with Gasteiger partial charge in [0.2, 0.25) is 0 Å². The maximum atomic E-state index is 12.2. The van der Waals surface area contributed by atoms with Gasteiger partial charge in [-0.25, -0.2) is 4.79 Å². The summed E-state index contributed by atoms with van der Waals surface area (Å²) in [6.07, 6.45) is 0.616. The van der Waals surface area contributed by atoms with E-state index in [-0.39, 0.29) is 12.0 Å². The zero-order chi connectivity index (χ0) is 17.0. The summed E-state index contributed by atoms with van der Waals surface area (Å²) in [6, 6.07) is 7.82. The Morgan fingerprint density at radius 3 is 2.52 bits per heavy atom. The third-order valence-electron chi connectivity index (χ3n) is 4.00. The molecule has 0 unspecified atom stereocenters. The third kappa shape index (κ3) is 5.13. The Bertz CT molecular complexity index is 521. The number of hydrogen-bond acceptors (Lipinski definition) is 4. The topological polar surface area (TPSA) is 59.0 Å². The molecule has 1 fully saturated rings. The van der Waals surface area contributed by atoms with Gasteiger partial charge in [-0.15, -0.1) is 0 Å². The summed E-state index contributed by atoms with van der Waals surface area (Å²) in [5, 5.41) is 10.3. The summed E-state index contributed by atoms with van der Waals surface area (Å²) in [6.45, 7) is 6.63. The minimum Gasteiger partial charge on any atom is -0.497 e. The molecule has 2 rings (SSSR count). The van der Waals surface area contributed by atoms with Crippen molar-refractivity contribution in [3.63, 3.8) is 0 Å². The Hall–Kier alpha value is -1.75. The van der Waals surface area contributed by atoms with Crippen molar-refractivity contribution in [1.82, 2.24) is 4.90 Å². The number of ether oxygens (including phenoxy) is 2. The Morgan fingerprint density at radius 2 is 1.96 bits per heavy atom. The first-order valence-electron chi connectivity index (χ1n) is 8.07. The first-order valence-corrected chi connectivity index (χ1v) is 8.07.